The maximum Gasteiger partial charge on any atom is 0.261 e. The van der Waals surface area contributed by atoms with Gasteiger partial charge in [-0.25, -0.2) is 8.42 Å². The number of ether oxygens (including phenoxy) is 1. The first kappa shape index (κ1) is 18.9. The number of amides is 1. The number of hydrogen-bond acceptors (Lipinski definition) is 4. The van der Waals surface area contributed by atoms with E-state index in [0.29, 0.717) is 13.2 Å². The fraction of sp³-hybridized carbons (Fsp3) is 0.278. The molecule has 8 heteroatoms. The molecule has 138 valence electrons. The van der Waals surface area contributed by atoms with Gasteiger partial charge in [0.05, 0.1) is 22.3 Å². The zero-order chi connectivity index (χ0) is 18.6. The Labute approximate surface area is 161 Å². The van der Waals surface area contributed by atoms with E-state index in [-0.39, 0.29) is 28.2 Å². The first-order chi connectivity index (χ1) is 12.5. The Kier molecular flexibility index (Phi) is 5.95. The minimum absolute atomic E-state index is 0.0190. The zero-order valence-corrected chi connectivity index (χ0v) is 16.3. The molecule has 1 fully saturated rings. The summed E-state index contributed by atoms with van der Waals surface area (Å²) in [5, 5.41) is 2.81. The summed E-state index contributed by atoms with van der Waals surface area (Å²) < 4.78 is 33.9. The van der Waals surface area contributed by atoms with E-state index in [1.807, 2.05) is 0 Å². The average Bonchev–Trinajstić information content (AvgIpc) is 3.14. The quantitative estimate of drug-likeness (QED) is 0.725. The van der Waals surface area contributed by atoms with E-state index in [1.54, 1.807) is 36.4 Å². The molecule has 0 spiro atoms. The molecule has 0 unspecified atom stereocenters. The predicted octanol–water partition coefficient (Wildman–Crippen LogP) is 3.16. The number of carbonyl (C=O) groups is 1. The minimum atomic E-state index is -3.79. The van der Waals surface area contributed by atoms with Crippen molar-refractivity contribution in [3.63, 3.8) is 0 Å². The van der Waals surface area contributed by atoms with Gasteiger partial charge in [-0.1, -0.05) is 28.1 Å². The summed E-state index contributed by atoms with van der Waals surface area (Å²) >= 11 is 3.28. The van der Waals surface area contributed by atoms with Gasteiger partial charge in [-0.15, -0.1) is 0 Å². The monoisotopic (exact) mass is 438 g/mol. The molecule has 1 heterocycles. The molecule has 0 bridgehead atoms. The number of hydrogen-bond donors (Lipinski definition) is 2. The number of sulfonamides is 1. The number of anilines is 1. The van der Waals surface area contributed by atoms with Crippen molar-refractivity contribution in [2.45, 2.75) is 23.8 Å². The summed E-state index contributed by atoms with van der Waals surface area (Å²) in [4.78, 5) is 12.6. The predicted molar refractivity (Wildman–Crippen MR) is 103 cm³/mol. The van der Waals surface area contributed by atoms with Gasteiger partial charge in [-0.2, -0.15) is 0 Å². The molecule has 1 saturated heterocycles. The molecule has 0 radical (unpaired) electrons. The van der Waals surface area contributed by atoms with Crippen LogP contribution in [0.3, 0.4) is 0 Å². The first-order valence-electron chi connectivity index (χ1n) is 8.23. The van der Waals surface area contributed by atoms with Crippen LogP contribution in [0.5, 0.6) is 0 Å². The lowest BCUT2D eigenvalue weighted by Crippen LogP contribution is -2.32. The van der Waals surface area contributed by atoms with Crippen LogP contribution in [0.25, 0.3) is 0 Å². The van der Waals surface area contributed by atoms with Crippen molar-refractivity contribution in [2.24, 2.45) is 0 Å². The lowest BCUT2D eigenvalue weighted by molar-refractivity contribution is 0.0858. The van der Waals surface area contributed by atoms with Crippen LogP contribution >= 0.6 is 15.9 Å². The Morgan fingerprint density at radius 3 is 2.58 bits per heavy atom. The lowest BCUT2D eigenvalue weighted by Gasteiger charge is -2.14. The van der Waals surface area contributed by atoms with Crippen LogP contribution < -0.4 is 10.0 Å². The maximum absolute atomic E-state index is 12.6. The summed E-state index contributed by atoms with van der Waals surface area (Å²) in [6.45, 7) is 1.12. The van der Waals surface area contributed by atoms with Crippen molar-refractivity contribution in [3.05, 3.63) is 58.6 Å². The van der Waals surface area contributed by atoms with Crippen molar-refractivity contribution in [3.8, 4) is 0 Å². The van der Waals surface area contributed by atoms with E-state index in [9.17, 15) is 13.2 Å². The van der Waals surface area contributed by atoms with Gasteiger partial charge in [-0.05, 0) is 49.2 Å². The van der Waals surface area contributed by atoms with E-state index in [4.69, 9.17) is 4.74 Å². The summed E-state index contributed by atoms with van der Waals surface area (Å²) in [7, 11) is -3.79. The van der Waals surface area contributed by atoms with Crippen molar-refractivity contribution in [1.29, 1.82) is 0 Å². The van der Waals surface area contributed by atoms with Crippen molar-refractivity contribution in [2.75, 3.05) is 17.9 Å². The number of rotatable bonds is 6. The lowest BCUT2D eigenvalue weighted by atomic mass is 10.1. The summed E-state index contributed by atoms with van der Waals surface area (Å²) in [5.74, 6) is -0.338. The molecule has 1 aliphatic rings. The first-order valence-corrected chi connectivity index (χ1v) is 10.5. The fourth-order valence-corrected chi connectivity index (χ4v) is 4.04. The Morgan fingerprint density at radius 1 is 1.15 bits per heavy atom. The van der Waals surface area contributed by atoms with Crippen LogP contribution in [0, 0.1) is 0 Å². The minimum Gasteiger partial charge on any atom is -0.376 e. The highest BCUT2D eigenvalue weighted by atomic mass is 79.9. The van der Waals surface area contributed by atoms with E-state index >= 15 is 0 Å². The van der Waals surface area contributed by atoms with Gasteiger partial charge < -0.3 is 10.1 Å². The molecule has 3 rings (SSSR count). The highest BCUT2D eigenvalue weighted by molar-refractivity contribution is 9.10. The van der Waals surface area contributed by atoms with E-state index in [1.165, 1.54) is 12.1 Å². The largest absolute Gasteiger partial charge is 0.376 e. The zero-order valence-electron chi connectivity index (χ0n) is 13.9. The van der Waals surface area contributed by atoms with Crippen LogP contribution in [0.15, 0.2) is 57.9 Å². The molecule has 1 amide bonds. The summed E-state index contributed by atoms with van der Waals surface area (Å²) in [5.41, 5.74) is 0.506. The number of nitrogens with one attached hydrogen (secondary N) is 2. The van der Waals surface area contributed by atoms with Gasteiger partial charge in [0.25, 0.3) is 15.9 Å². The number of halogens is 1. The molecule has 0 aliphatic carbocycles. The summed E-state index contributed by atoms with van der Waals surface area (Å²) in [6.07, 6.45) is 1.92. The third-order valence-corrected chi connectivity index (χ3v) is 5.96. The smallest absolute Gasteiger partial charge is 0.261 e. The van der Waals surface area contributed by atoms with Gasteiger partial charge in [0.2, 0.25) is 0 Å². The second-order valence-corrected chi connectivity index (χ2v) is 8.55. The van der Waals surface area contributed by atoms with E-state index in [0.717, 1.165) is 17.3 Å². The molecule has 0 saturated carbocycles. The van der Waals surface area contributed by atoms with Gasteiger partial charge >= 0.3 is 0 Å². The molecule has 26 heavy (non-hydrogen) atoms. The molecule has 1 aliphatic heterocycles. The molecule has 0 aromatic heterocycles. The van der Waals surface area contributed by atoms with Gasteiger partial charge in [0.15, 0.2) is 0 Å². The molecule has 2 aromatic carbocycles. The highest BCUT2D eigenvalue weighted by Gasteiger charge is 2.20. The maximum atomic E-state index is 12.6. The fourth-order valence-electron chi connectivity index (χ4n) is 2.69. The van der Waals surface area contributed by atoms with Crippen LogP contribution in [0.1, 0.15) is 23.2 Å². The molecule has 2 aromatic rings. The van der Waals surface area contributed by atoms with Crippen LogP contribution in [0.2, 0.25) is 0 Å². The van der Waals surface area contributed by atoms with Crippen molar-refractivity contribution in [1.82, 2.24) is 5.32 Å². The second-order valence-electron chi connectivity index (χ2n) is 5.95. The Bertz CT molecular complexity index is 878. The summed E-state index contributed by atoms with van der Waals surface area (Å²) in [6, 6.07) is 12.8. The van der Waals surface area contributed by atoms with Crippen LogP contribution in [-0.4, -0.2) is 33.6 Å². The number of para-hydroxylation sites is 1. The third kappa shape index (κ3) is 4.63. The average molecular weight is 439 g/mol. The van der Waals surface area contributed by atoms with Crippen molar-refractivity contribution >= 4 is 37.5 Å². The molecule has 2 N–H and O–H groups in total. The Morgan fingerprint density at radius 2 is 1.88 bits per heavy atom. The third-order valence-electron chi connectivity index (χ3n) is 4.05. The SMILES string of the molecule is O=C(NC[C@H]1CCCO1)c1ccccc1NS(=O)(=O)c1ccc(Br)cc1. The topological polar surface area (TPSA) is 84.5 Å². The van der Waals surface area contributed by atoms with Crippen LogP contribution in [0.4, 0.5) is 5.69 Å². The number of benzene rings is 2. The Balaban J connectivity index is 1.75. The van der Waals surface area contributed by atoms with Crippen LogP contribution in [-0.2, 0) is 14.8 Å². The molecule has 6 nitrogen and oxygen atoms in total. The molecular formula is C18H19BrN2O4S. The standard InChI is InChI=1S/C18H19BrN2O4S/c19-13-7-9-15(10-8-13)26(23,24)21-17-6-2-1-5-16(17)18(22)20-12-14-4-3-11-25-14/h1-2,5-10,14,21H,3-4,11-12H2,(H,20,22)/t14-/m1/s1. The van der Waals surface area contributed by atoms with E-state index in [2.05, 4.69) is 26.0 Å². The Hall–Kier alpha value is -1.90. The second kappa shape index (κ2) is 8.20. The van der Waals surface area contributed by atoms with Gasteiger partial charge in [-0.3, -0.25) is 9.52 Å². The van der Waals surface area contributed by atoms with Crippen molar-refractivity contribution < 1.29 is 17.9 Å². The van der Waals surface area contributed by atoms with E-state index < -0.39 is 10.0 Å². The normalized spacial score (nSPS) is 17.0. The molecular weight excluding hydrogens is 420 g/mol. The van der Waals surface area contributed by atoms with Gasteiger partial charge in [0.1, 0.15) is 0 Å². The highest BCUT2D eigenvalue weighted by Crippen LogP contribution is 2.21. The number of carbonyl (C=O) groups excluding carboxylic acids is 1. The van der Waals surface area contributed by atoms with Gasteiger partial charge in [0, 0.05) is 17.6 Å². The molecule has 1 atom stereocenters.